The smallest absolute Gasteiger partial charge is 0.410 e. The Morgan fingerprint density at radius 3 is 2.83 bits per heavy atom. The van der Waals surface area contributed by atoms with Gasteiger partial charge in [0, 0.05) is 19.0 Å². The van der Waals surface area contributed by atoms with E-state index >= 15 is 0 Å². The second kappa shape index (κ2) is 7.05. The summed E-state index contributed by atoms with van der Waals surface area (Å²) in [6.45, 7) is 6.25. The standard InChI is InChI=1S/C17H23ClFNO3/c1-17(2,3)23-16(22)20-8-7-14(21)12(10-20)9-11-5-4-6-13(19)15(11)18/h4-6,12,14,21H,7-10H2,1-3H3. The fourth-order valence-electron chi connectivity index (χ4n) is 2.70. The first kappa shape index (κ1) is 18.0. The molecule has 2 atom stereocenters. The Kier molecular flexibility index (Phi) is 5.53. The summed E-state index contributed by atoms with van der Waals surface area (Å²) >= 11 is 5.98. The second-order valence-electron chi connectivity index (χ2n) is 6.96. The topological polar surface area (TPSA) is 49.8 Å². The van der Waals surface area contributed by atoms with E-state index in [9.17, 15) is 14.3 Å². The van der Waals surface area contributed by atoms with Gasteiger partial charge in [-0.3, -0.25) is 0 Å². The van der Waals surface area contributed by atoms with E-state index in [-0.39, 0.29) is 17.0 Å². The van der Waals surface area contributed by atoms with Crippen molar-refractivity contribution in [3.63, 3.8) is 0 Å². The van der Waals surface area contributed by atoms with E-state index in [0.717, 1.165) is 0 Å². The van der Waals surface area contributed by atoms with Crippen LogP contribution in [0.25, 0.3) is 0 Å². The molecule has 1 N–H and O–H groups in total. The quantitative estimate of drug-likeness (QED) is 0.892. The number of carbonyl (C=O) groups is 1. The number of ether oxygens (including phenoxy) is 1. The minimum atomic E-state index is -0.561. The van der Waals surface area contributed by atoms with Crippen molar-refractivity contribution in [3.8, 4) is 0 Å². The SMILES string of the molecule is CC(C)(C)OC(=O)N1CCC(O)C(Cc2cccc(F)c2Cl)C1. The lowest BCUT2D eigenvalue weighted by Crippen LogP contribution is -2.48. The van der Waals surface area contributed by atoms with E-state index in [0.29, 0.717) is 31.5 Å². The number of aliphatic hydroxyl groups is 1. The van der Waals surface area contributed by atoms with Gasteiger partial charge in [-0.15, -0.1) is 0 Å². The first-order chi connectivity index (χ1) is 10.7. The van der Waals surface area contributed by atoms with Gasteiger partial charge in [0.1, 0.15) is 11.4 Å². The van der Waals surface area contributed by atoms with Crippen molar-refractivity contribution in [3.05, 3.63) is 34.6 Å². The van der Waals surface area contributed by atoms with Gasteiger partial charge in [-0.2, -0.15) is 0 Å². The average molecular weight is 344 g/mol. The average Bonchev–Trinajstić information content (AvgIpc) is 2.44. The molecule has 1 aromatic rings. The van der Waals surface area contributed by atoms with E-state index in [1.54, 1.807) is 17.0 Å². The number of halogens is 2. The molecule has 0 radical (unpaired) electrons. The third kappa shape index (κ3) is 4.82. The van der Waals surface area contributed by atoms with Crippen LogP contribution in [0, 0.1) is 11.7 Å². The molecule has 1 saturated heterocycles. The maximum Gasteiger partial charge on any atom is 0.410 e. The minimum absolute atomic E-state index is 0.0779. The number of benzene rings is 1. The van der Waals surface area contributed by atoms with Crippen LogP contribution in [0.15, 0.2) is 18.2 Å². The van der Waals surface area contributed by atoms with Crippen molar-refractivity contribution < 1.29 is 19.0 Å². The van der Waals surface area contributed by atoms with E-state index in [1.807, 2.05) is 20.8 Å². The third-order valence-corrected chi connectivity index (χ3v) is 4.28. The van der Waals surface area contributed by atoms with Gasteiger partial charge in [-0.05, 0) is 45.2 Å². The molecule has 0 aliphatic carbocycles. The molecule has 0 spiro atoms. The van der Waals surface area contributed by atoms with Gasteiger partial charge in [0.2, 0.25) is 0 Å². The summed E-state index contributed by atoms with van der Waals surface area (Å²) < 4.78 is 18.9. The summed E-state index contributed by atoms with van der Waals surface area (Å²) in [5.74, 6) is -0.672. The Morgan fingerprint density at radius 1 is 1.48 bits per heavy atom. The fourth-order valence-corrected chi connectivity index (χ4v) is 2.90. The van der Waals surface area contributed by atoms with E-state index < -0.39 is 17.5 Å². The van der Waals surface area contributed by atoms with Crippen LogP contribution in [0.4, 0.5) is 9.18 Å². The Balaban J connectivity index is 2.06. The van der Waals surface area contributed by atoms with Crippen molar-refractivity contribution >= 4 is 17.7 Å². The molecule has 2 rings (SSSR count). The molecule has 1 aliphatic rings. The highest BCUT2D eigenvalue weighted by Crippen LogP contribution is 2.27. The van der Waals surface area contributed by atoms with Gasteiger partial charge in [0.15, 0.2) is 0 Å². The number of piperidine rings is 1. The number of amides is 1. The monoisotopic (exact) mass is 343 g/mol. The normalized spacial score (nSPS) is 22.1. The van der Waals surface area contributed by atoms with Crippen LogP contribution in [0.1, 0.15) is 32.8 Å². The van der Waals surface area contributed by atoms with Crippen LogP contribution in [-0.4, -0.2) is 40.9 Å². The first-order valence-corrected chi connectivity index (χ1v) is 8.14. The van der Waals surface area contributed by atoms with Crippen LogP contribution in [0.5, 0.6) is 0 Å². The van der Waals surface area contributed by atoms with Gasteiger partial charge in [0.25, 0.3) is 0 Å². The zero-order valence-electron chi connectivity index (χ0n) is 13.7. The number of nitrogens with zero attached hydrogens (tertiary/aromatic N) is 1. The number of aliphatic hydroxyl groups excluding tert-OH is 1. The zero-order chi connectivity index (χ0) is 17.2. The summed E-state index contributed by atoms with van der Waals surface area (Å²) in [5, 5.41) is 10.3. The molecule has 1 heterocycles. The van der Waals surface area contributed by atoms with Crippen molar-refractivity contribution in [2.75, 3.05) is 13.1 Å². The maximum atomic E-state index is 13.5. The van der Waals surface area contributed by atoms with Crippen LogP contribution < -0.4 is 0 Å². The Hall–Kier alpha value is -1.33. The summed E-state index contributed by atoms with van der Waals surface area (Å²) in [5.41, 5.74) is 0.0795. The summed E-state index contributed by atoms with van der Waals surface area (Å²) in [6, 6.07) is 4.64. The van der Waals surface area contributed by atoms with Gasteiger partial charge < -0.3 is 14.7 Å². The number of carbonyl (C=O) groups excluding carboxylic acids is 1. The molecule has 128 valence electrons. The summed E-state index contributed by atoms with van der Waals surface area (Å²) in [6.07, 6.45) is -0.0544. The van der Waals surface area contributed by atoms with Gasteiger partial charge in [-0.25, -0.2) is 9.18 Å². The van der Waals surface area contributed by atoms with E-state index in [4.69, 9.17) is 16.3 Å². The summed E-state index contributed by atoms with van der Waals surface area (Å²) in [7, 11) is 0. The molecule has 4 nitrogen and oxygen atoms in total. The molecule has 1 aliphatic heterocycles. The predicted octanol–water partition coefficient (Wildman–Crippen LogP) is 3.64. The molecule has 0 saturated carbocycles. The number of hydrogen-bond donors (Lipinski definition) is 1. The highest BCUT2D eigenvalue weighted by molar-refractivity contribution is 6.31. The third-order valence-electron chi connectivity index (χ3n) is 3.86. The molecule has 2 unspecified atom stereocenters. The predicted molar refractivity (Wildman–Crippen MR) is 87.0 cm³/mol. The van der Waals surface area contributed by atoms with Crippen molar-refractivity contribution in [2.24, 2.45) is 5.92 Å². The first-order valence-electron chi connectivity index (χ1n) is 7.76. The largest absolute Gasteiger partial charge is 0.444 e. The van der Waals surface area contributed by atoms with Crippen LogP contribution >= 0.6 is 11.6 Å². The van der Waals surface area contributed by atoms with Crippen molar-refractivity contribution in [1.82, 2.24) is 4.90 Å². The molecule has 1 fully saturated rings. The molecule has 0 aromatic heterocycles. The Morgan fingerprint density at radius 2 is 2.17 bits per heavy atom. The molecule has 0 bridgehead atoms. The lowest BCUT2D eigenvalue weighted by molar-refractivity contribution is -0.00824. The van der Waals surface area contributed by atoms with Gasteiger partial charge >= 0.3 is 6.09 Å². The summed E-state index contributed by atoms with van der Waals surface area (Å²) in [4.78, 5) is 13.8. The highest BCUT2D eigenvalue weighted by Gasteiger charge is 2.33. The van der Waals surface area contributed by atoms with Crippen molar-refractivity contribution in [2.45, 2.75) is 45.3 Å². The highest BCUT2D eigenvalue weighted by atomic mass is 35.5. The van der Waals surface area contributed by atoms with Crippen LogP contribution in [-0.2, 0) is 11.2 Å². The van der Waals surface area contributed by atoms with Gasteiger partial charge in [0.05, 0.1) is 11.1 Å². The Bertz CT molecular complexity index is 573. The van der Waals surface area contributed by atoms with E-state index in [1.165, 1.54) is 6.07 Å². The Labute approximate surface area is 141 Å². The van der Waals surface area contributed by atoms with Crippen molar-refractivity contribution in [1.29, 1.82) is 0 Å². The lowest BCUT2D eigenvalue weighted by Gasteiger charge is -2.37. The molecule has 23 heavy (non-hydrogen) atoms. The fraction of sp³-hybridized carbons (Fsp3) is 0.588. The second-order valence-corrected chi connectivity index (χ2v) is 7.34. The zero-order valence-corrected chi connectivity index (χ0v) is 14.4. The minimum Gasteiger partial charge on any atom is -0.444 e. The number of rotatable bonds is 2. The molecule has 6 heteroatoms. The lowest BCUT2D eigenvalue weighted by atomic mass is 9.89. The maximum absolute atomic E-state index is 13.5. The number of hydrogen-bond acceptors (Lipinski definition) is 3. The van der Waals surface area contributed by atoms with Gasteiger partial charge in [-0.1, -0.05) is 23.7 Å². The molecular formula is C17H23ClFNO3. The number of likely N-dealkylation sites (tertiary alicyclic amines) is 1. The molecule has 1 amide bonds. The van der Waals surface area contributed by atoms with Crippen LogP contribution in [0.2, 0.25) is 5.02 Å². The van der Waals surface area contributed by atoms with Crippen LogP contribution in [0.3, 0.4) is 0 Å². The molecular weight excluding hydrogens is 321 g/mol. The molecule has 1 aromatic carbocycles. The van der Waals surface area contributed by atoms with E-state index in [2.05, 4.69) is 0 Å².